The molecular weight excluding hydrogens is 404 g/mol. The van der Waals surface area contributed by atoms with Gasteiger partial charge in [-0.05, 0) is 42.0 Å². The number of fused-ring (bicyclic) bond motifs is 3. The molecule has 2 aliphatic heterocycles. The molecule has 164 valence electrons. The zero-order valence-electron chi connectivity index (χ0n) is 18.1. The molecule has 5 rings (SSSR count). The van der Waals surface area contributed by atoms with Gasteiger partial charge in [0, 0.05) is 31.1 Å². The fourth-order valence-corrected chi connectivity index (χ4v) is 4.86. The van der Waals surface area contributed by atoms with Crippen LogP contribution < -0.4 is 11.1 Å². The minimum Gasteiger partial charge on any atom is -0.338 e. The highest BCUT2D eigenvalue weighted by atomic mass is 16.2. The molecular formula is C25H26N4O3. The molecule has 1 amide bonds. The van der Waals surface area contributed by atoms with Gasteiger partial charge in [-0.15, -0.1) is 0 Å². The topological polar surface area (TPSA) is 77.2 Å². The van der Waals surface area contributed by atoms with Crippen molar-refractivity contribution in [3.63, 3.8) is 0 Å². The molecule has 1 aromatic heterocycles. The highest BCUT2D eigenvalue weighted by molar-refractivity contribution is 5.94. The summed E-state index contributed by atoms with van der Waals surface area (Å²) in [6, 6.07) is 17.3. The van der Waals surface area contributed by atoms with Gasteiger partial charge in [0.15, 0.2) is 0 Å². The number of hydrogen-bond donors (Lipinski definition) is 0. The van der Waals surface area contributed by atoms with Gasteiger partial charge in [-0.25, -0.2) is 4.68 Å². The lowest BCUT2D eigenvalue weighted by molar-refractivity contribution is 0.0667. The van der Waals surface area contributed by atoms with Gasteiger partial charge in [0.05, 0.1) is 6.54 Å². The molecule has 0 saturated carbocycles. The van der Waals surface area contributed by atoms with Gasteiger partial charge < -0.3 is 4.90 Å². The van der Waals surface area contributed by atoms with Crippen molar-refractivity contribution < 1.29 is 4.79 Å². The van der Waals surface area contributed by atoms with E-state index in [1.165, 1.54) is 14.8 Å². The van der Waals surface area contributed by atoms with Crippen LogP contribution in [0.25, 0.3) is 0 Å². The van der Waals surface area contributed by atoms with E-state index in [0.29, 0.717) is 31.0 Å². The molecule has 7 heteroatoms. The Hall–Kier alpha value is -3.48. The Labute approximate surface area is 185 Å². The number of nitrogens with zero attached hydrogens (tertiary/aromatic N) is 4. The van der Waals surface area contributed by atoms with E-state index < -0.39 is 11.1 Å². The van der Waals surface area contributed by atoms with Crippen LogP contribution in [-0.4, -0.2) is 38.2 Å². The third-order valence-electron chi connectivity index (χ3n) is 6.74. The molecule has 0 aliphatic carbocycles. The molecule has 3 aromatic rings. The number of carbonyl (C=O) groups is 1. The van der Waals surface area contributed by atoms with E-state index in [4.69, 9.17) is 0 Å². The van der Waals surface area contributed by atoms with Crippen LogP contribution in [0.3, 0.4) is 0 Å². The predicted molar refractivity (Wildman–Crippen MR) is 121 cm³/mol. The largest absolute Gasteiger partial charge is 0.338 e. The van der Waals surface area contributed by atoms with Crippen molar-refractivity contribution in [1.82, 2.24) is 19.2 Å². The van der Waals surface area contributed by atoms with Crippen LogP contribution in [0.4, 0.5) is 0 Å². The molecule has 0 spiro atoms. The number of rotatable bonds is 4. The minimum absolute atomic E-state index is 0.00417. The van der Waals surface area contributed by atoms with E-state index in [1.807, 2.05) is 59.5 Å². The fraction of sp³-hybridized carbons (Fsp3) is 0.360. The predicted octanol–water partition coefficient (Wildman–Crippen LogP) is 2.28. The SMILES string of the molecule is CCc1ccc(C(=O)N2CC[C@H]3Cn4c(nn(Cc5ccccc5)c(=O)c4=O)[C@@H]3C2)cc1. The normalized spacial score (nSPS) is 19.5. The van der Waals surface area contributed by atoms with Gasteiger partial charge in [-0.3, -0.25) is 19.0 Å². The van der Waals surface area contributed by atoms with Crippen LogP contribution in [0.1, 0.15) is 46.6 Å². The van der Waals surface area contributed by atoms with Crippen LogP contribution in [0.2, 0.25) is 0 Å². The lowest BCUT2D eigenvalue weighted by Crippen LogP contribution is -2.44. The minimum atomic E-state index is -0.597. The van der Waals surface area contributed by atoms with Crippen molar-refractivity contribution in [2.75, 3.05) is 13.1 Å². The summed E-state index contributed by atoms with van der Waals surface area (Å²) in [5.74, 6) is 0.797. The number of amides is 1. The van der Waals surface area contributed by atoms with Crippen LogP contribution in [0.15, 0.2) is 64.2 Å². The number of benzene rings is 2. The van der Waals surface area contributed by atoms with Gasteiger partial charge in [0.1, 0.15) is 5.82 Å². The van der Waals surface area contributed by atoms with Gasteiger partial charge in [0.2, 0.25) is 0 Å². The summed E-state index contributed by atoms with van der Waals surface area (Å²) in [5.41, 5.74) is 1.67. The molecule has 0 radical (unpaired) electrons. The Morgan fingerprint density at radius 3 is 2.44 bits per heavy atom. The molecule has 3 heterocycles. The highest BCUT2D eigenvalue weighted by Gasteiger charge is 2.41. The summed E-state index contributed by atoms with van der Waals surface area (Å²) in [6.07, 6.45) is 1.73. The summed E-state index contributed by atoms with van der Waals surface area (Å²) < 4.78 is 2.80. The Balaban J connectivity index is 1.43. The molecule has 0 unspecified atom stereocenters. The molecule has 32 heavy (non-hydrogen) atoms. The molecule has 2 atom stereocenters. The number of likely N-dealkylation sites (tertiary alicyclic amines) is 1. The number of piperidine rings is 1. The van der Waals surface area contributed by atoms with Crippen LogP contribution >= 0.6 is 0 Å². The summed E-state index contributed by atoms with van der Waals surface area (Å²) in [5, 5.41) is 4.61. The van der Waals surface area contributed by atoms with E-state index in [9.17, 15) is 14.4 Å². The summed E-state index contributed by atoms with van der Waals surface area (Å²) >= 11 is 0. The van der Waals surface area contributed by atoms with Gasteiger partial charge in [-0.1, -0.05) is 49.4 Å². The maximum atomic E-state index is 13.1. The van der Waals surface area contributed by atoms with Crippen molar-refractivity contribution >= 4 is 5.91 Å². The van der Waals surface area contributed by atoms with Crippen LogP contribution in [0, 0.1) is 5.92 Å². The third kappa shape index (κ3) is 3.57. The van der Waals surface area contributed by atoms with Crippen molar-refractivity contribution in [2.24, 2.45) is 5.92 Å². The zero-order valence-corrected chi connectivity index (χ0v) is 18.1. The van der Waals surface area contributed by atoms with E-state index in [1.54, 1.807) is 0 Å². The van der Waals surface area contributed by atoms with Gasteiger partial charge in [0.25, 0.3) is 5.91 Å². The Bertz CT molecular complexity index is 1260. The van der Waals surface area contributed by atoms with E-state index >= 15 is 0 Å². The molecule has 1 fully saturated rings. The van der Waals surface area contributed by atoms with E-state index in [-0.39, 0.29) is 24.3 Å². The molecule has 7 nitrogen and oxygen atoms in total. The number of aromatic nitrogens is 3. The standard InChI is InChI=1S/C25H26N4O3/c1-2-17-8-10-19(11-9-17)23(30)27-13-12-20-15-28-22(21(20)16-27)26-29(25(32)24(28)31)14-18-6-4-3-5-7-18/h3-11,20-21H,2,12-16H2,1H3/t20-,21+/m0/s1. The monoisotopic (exact) mass is 430 g/mol. The second kappa shape index (κ2) is 8.22. The first-order valence-electron chi connectivity index (χ1n) is 11.2. The van der Waals surface area contributed by atoms with Gasteiger partial charge in [-0.2, -0.15) is 5.10 Å². The van der Waals surface area contributed by atoms with Gasteiger partial charge >= 0.3 is 11.1 Å². The first-order valence-corrected chi connectivity index (χ1v) is 11.2. The first-order chi connectivity index (χ1) is 15.5. The summed E-state index contributed by atoms with van der Waals surface area (Å²) in [7, 11) is 0. The molecule has 0 bridgehead atoms. The number of aryl methyl sites for hydroxylation is 1. The average molecular weight is 431 g/mol. The van der Waals surface area contributed by atoms with Crippen molar-refractivity contribution in [2.45, 2.75) is 38.8 Å². The second-order valence-electron chi connectivity index (χ2n) is 8.68. The average Bonchev–Trinajstić information content (AvgIpc) is 3.20. The quantitative estimate of drug-likeness (QED) is 0.595. The third-order valence-corrected chi connectivity index (χ3v) is 6.74. The number of carbonyl (C=O) groups excluding carboxylic acids is 1. The van der Waals surface area contributed by atoms with Crippen molar-refractivity contribution in [3.05, 3.63) is 97.8 Å². The molecule has 1 saturated heterocycles. The van der Waals surface area contributed by atoms with Crippen molar-refractivity contribution in [1.29, 1.82) is 0 Å². The molecule has 2 aromatic carbocycles. The Morgan fingerprint density at radius 1 is 0.969 bits per heavy atom. The lowest BCUT2D eigenvalue weighted by atomic mass is 9.87. The maximum Gasteiger partial charge on any atom is 0.332 e. The lowest BCUT2D eigenvalue weighted by Gasteiger charge is -2.34. The fourth-order valence-electron chi connectivity index (χ4n) is 4.86. The first kappa shape index (κ1) is 20.4. The number of hydrogen-bond acceptors (Lipinski definition) is 4. The Morgan fingerprint density at radius 2 is 1.72 bits per heavy atom. The second-order valence-corrected chi connectivity index (χ2v) is 8.68. The van der Waals surface area contributed by atoms with E-state index in [0.717, 1.165) is 18.4 Å². The Kier molecular flexibility index (Phi) is 5.25. The molecule has 2 aliphatic rings. The van der Waals surface area contributed by atoms with Crippen molar-refractivity contribution in [3.8, 4) is 0 Å². The summed E-state index contributed by atoms with van der Waals surface area (Å²) in [4.78, 5) is 40.4. The highest BCUT2D eigenvalue weighted by Crippen LogP contribution is 2.37. The molecule has 0 N–H and O–H groups in total. The van der Waals surface area contributed by atoms with Crippen LogP contribution in [-0.2, 0) is 19.5 Å². The maximum absolute atomic E-state index is 13.1. The van der Waals surface area contributed by atoms with E-state index in [2.05, 4.69) is 12.0 Å². The van der Waals surface area contributed by atoms with Crippen LogP contribution in [0.5, 0.6) is 0 Å². The summed E-state index contributed by atoms with van der Waals surface area (Å²) in [6.45, 7) is 4.00. The zero-order chi connectivity index (χ0) is 22.2. The smallest absolute Gasteiger partial charge is 0.332 e.